The second kappa shape index (κ2) is 6.00. The highest BCUT2D eigenvalue weighted by molar-refractivity contribution is 6.42. The molecular formula is C18H19Cl2N. The molecule has 1 aliphatic carbocycles. The van der Waals surface area contributed by atoms with E-state index < -0.39 is 0 Å². The lowest BCUT2D eigenvalue weighted by Gasteiger charge is -2.38. The molecule has 0 amide bonds. The number of benzene rings is 2. The Morgan fingerprint density at radius 1 is 0.905 bits per heavy atom. The molecule has 110 valence electrons. The first kappa shape index (κ1) is 14.9. The minimum atomic E-state index is -0.278. The molecule has 0 aliphatic heterocycles. The van der Waals surface area contributed by atoms with Crippen LogP contribution in [-0.2, 0) is 5.54 Å². The van der Waals surface area contributed by atoms with Gasteiger partial charge in [-0.3, -0.25) is 0 Å². The van der Waals surface area contributed by atoms with E-state index in [1.807, 2.05) is 18.2 Å². The summed E-state index contributed by atoms with van der Waals surface area (Å²) in [6, 6.07) is 16.5. The molecular weight excluding hydrogens is 301 g/mol. The van der Waals surface area contributed by atoms with Crippen LogP contribution in [0.1, 0.15) is 42.7 Å². The van der Waals surface area contributed by atoms with Crippen LogP contribution >= 0.6 is 23.2 Å². The molecule has 3 rings (SSSR count). The zero-order chi connectivity index (χ0) is 14.9. The van der Waals surface area contributed by atoms with Crippen molar-refractivity contribution in [2.45, 2.75) is 37.1 Å². The quantitative estimate of drug-likeness (QED) is 0.776. The van der Waals surface area contributed by atoms with Gasteiger partial charge >= 0.3 is 0 Å². The highest BCUT2D eigenvalue weighted by Gasteiger charge is 2.33. The molecule has 0 saturated heterocycles. The van der Waals surface area contributed by atoms with Crippen molar-refractivity contribution in [3.05, 3.63) is 69.7 Å². The van der Waals surface area contributed by atoms with E-state index in [0.29, 0.717) is 16.0 Å². The molecule has 1 nitrogen and oxygen atoms in total. The van der Waals surface area contributed by atoms with Crippen LogP contribution < -0.4 is 5.73 Å². The molecule has 1 fully saturated rings. The van der Waals surface area contributed by atoms with Gasteiger partial charge in [0.1, 0.15) is 0 Å². The molecule has 3 heteroatoms. The largest absolute Gasteiger partial charge is 0.321 e. The number of hydrogen-bond donors (Lipinski definition) is 1. The molecule has 0 aromatic heterocycles. The monoisotopic (exact) mass is 319 g/mol. The van der Waals surface area contributed by atoms with Crippen molar-refractivity contribution in [1.82, 2.24) is 0 Å². The van der Waals surface area contributed by atoms with E-state index in [9.17, 15) is 0 Å². The molecule has 21 heavy (non-hydrogen) atoms. The van der Waals surface area contributed by atoms with Gasteiger partial charge in [-0.25, -0.2) is 0 Å². The van der Waals surface area contributed by atoms with Crippen molar-refractivity contribution in [1.29, 1.82) is 0 Å². The third-order valence-electron chi connectivity index (χ3n) is 4.64. The van der Waals surface area contributed by atoms with E-state index in [1.165, 1.54) is 5.56 Å². The number of halogens is 2. The predicted molar refractivity (Wildman–Crippen MR) is 90.0 cm³/mol. The lowest BCUT2D eigenvalue weighted by atomic mass is 9.71. The first-order valence-corrected chi connectivity index (χ1v) is 8.13. The van der Waals surface area contributed by atoms with Gasteiger partial charge in [0.2, 0.25) is 0 Å². The van der Waals surface area contributed by atoms with Gasteiger partial charge in [0.25, 0.3) is 0 Å². The number of hydrogen-bond acceptors (Lipinski definition) is 1. The summed E-state index contributed by atoms with van der Waals surface area (Å²) in [5.74, 6) is 0.616. The van der Waals surface area contributed by atoms with Crippen LogP contribution in [-0.4, -0.2) is 0 Å². The van der Waals surface area contributed by atoms with Gasteiger partial charge in [-0.05, 0) is 54.9 Å². The normalized spacial score (nSPS) is 25.8. The lowest BCUT2D eigenvalue weighted by molar-refractivity contribution is 0.277. The Morgan fingerprint density at radius 2 is 1.57 bits per heavy atom. The van der Waals surface area contributed by atoms with Gasteiger partial charge < -0.3 is 5.73 Å². The molecule has 2 N–H and O–H groups in total. The Kier molecular flexibility index (Phi) is 4.26. The van der Waals surface area contributed by atoms with E-state index >= 15 is 0 Å². The maximum atomic E-state index is 6.64. The maximum Gasteiger partial charge on any atom is 0.0595 e. The third-order valence-corrected chi connectivity index (χ3v) is 5.38. The fraction of sp³-hybridized carbons (Fsp3) is 0.333. The van der Waals surface area contributed by atoms with Gasteiger partial charge in [-0.1, -0.05) is 59.6 Å². The highest BCUT2D eigenvalue weighted by Crippen LogP contribution is 2.42. The van der Waals surface area contributed by atoms with Crippen LogP contribution in [0.25, 0.3) is 0 Å². The standard InChI is InChI=1S/C18H19Cl2N/c19-16-7-6-15(12-17(16)20)18(21)10-8-14(9-11-18)13-4-2-1-3-5-13/h1-7,12,14H,8-11,21H2. The van der Waals surface area contributed by atoms with Crippen LogP contribution in [0.3, 0.4) is 0 Å². The van der Waals surface area contributed by atoms with E-state index in [-0.39, 0.29) is 5.54 Å². The first-order valence-electron chi connectivity index (χ1n) is 7.38. The van der Waals surface area contributed by atoms with E-state index in [1.54, 1.807) is 0 Å². The molecule has 0 spiro atoms. The Balaban J connectivity index is 1.76. The van der Waals surface area contributed by atoms with Gasteiger partial charge in [0, 0.05) is 5.54 Å². The van der Waals surface area contributed by atoms with Crippen LogP contribution in [0.5, 0.6) is 0 Å². The summed E-state index contributed by atoms with van der Waals surface area (Å²) in [4.78, 5) is 0. The first-order chi connectivity index (χ1) is 10.1. The summed E-state index contributed by atoms with van der Waals surface area (Å²) in [7, 11) is 0. The SMILES string of the molecule is NC1(c2ccc(Cl)c(Cl)c2)CCC(c2ccccc2)CC1. The minimum absolute atomic E-state index is 0.278. The fourth-order valence-electron chi connectivity index (χ4n) is 3.29. The number of rotatable bonds is 2. The van der Waals surface area contributed by atoms with Crippen molar-refractivity contribution in [2.75, 3.05) is 0 Å². The molecule has 0 atom stereocenters. The van der Waals surface area contributed by atoms with Crippen LogP contribution in [0.15, 0.2) is 48.5 Å². The summed E-state index contributed by atoms with van der Waals surface area (Å²) in [6.45, 7) is 0. The molecule has 1 aliphatic rings. The molecule has 0 unspecified atom stereocenters. The molecule has 0 heterocycles. The van der Waals surface area contributed by atoms with E-state index in [4.69, 9.17) is 28.9 Å². The summed E-state index contributed by atoms with van der Waals surface area (Å²) >= 11 is 12.1. The van der Waals surface area contributed by atoms with Gasteiger partial charge in [-0.15, -0.1) is 0 Å². The maximum absolute atomic E-state index is 6.64. The summed E-state index contributed by atoms with van der Waals surface area (Å²) in [5, 5.41) is 1.17. The molecule has 0 bridgehead atoms. The molecule has 0 radical (unpaired) electrons. The molecule has 2 aromatic carbocycles. The Morgan fingerprint density at radius 3 is 2.19 bits per heavy atom. The zero-order valence-electron chi connectivity index (χ0n) is 11.9. The fourth-order valence-corrected chi connectivity index (χ4v) is 3.58. The van der Waals surface area contributed by atoms with Gasteiger partial charge in [0.05, 0.1) is 10.0 Å². The van der Waals surface area contributed by atoms with Crippen LogP contribution in [0, 0.1) is 0 Å². The van der Waals surface area contributed by atoms with E-state index in [2.05, 4.69) is 30.3 Å². The molecule has 1 saturated carbocycles. The zero-order valence-corrected chi connectivity index (χ0v) is 13.4. The highest BCUT2D eigenvalue weighted by atomic mass is 35.5. The summed E-state index contributed by atoms with van der Waals surface area (Å²) < 4.78 is 0. The third kappa shape index (κ3) is 3.11. The minimum Gasteiger partial charge on any atom is -0.321 e. The van der Waals surface area contributed by atoms with Crippen LogP contribution in [0.2, 0.25) is 10.0 Å². The number of nitrogens with two attached hydrogens (primary N) is 1. The topological polar surface area (TPSA) is 26.0 Å². The van der Waals surface area contributed by atoms with Crippen molar-refractivity contribution >= 4 is 23.2 Å². The van der Waals surface area contributed by atoms with Crippen molar-refractivity contribution < 1.29 is 0 Å². The Bertz CT molecular complexity index is 616. The Hall–Kier alpha value is -1.02. The Labute approximate surface area is 136 Å². The lowest BCUT2D eigenvalue weighted by Crippen LogP contribution is -2.40. The van der Waals surface area contributed by atoms with E-state index in [0.717, 1.165) is 31.2 Å². The van der Waals surface area contributed by atoms with Gasteiger partial charge in [0.15, 0.2) is 0 Å². The molecule has 2 aromatic rings. The van der Waals surface area contributed by atoms with Crippen molar-refractivity contribution in [3.8, 4) is 0 Å². The average molecular weight is 320 g/mol. The van der Waals surface area contributed by atoms with Gasteiger partial charge in [-0.2, -0.15) is 0 Å². The van der Waals surface area contributed by atoms with Crippen LogP contribution in [0.4, 0.5) is 0 Å². The predicted octanol–water partition coefficient (Wildman–Crippen LogP) is 5.51. The second-order valence-electron chi connectivity index (χ2n) is 5.97. The summed E-state index contributed by atoms with van der Waals surface area (Å²) in [5.41, 5.74) is 8.88. The summed E-state index contributed by atoms with van der Waals surface area (Å²) in [6.07, 6.45) is 4.18. The van der Waals surface area contributed by atoms with Crippen molar-refractivity contribution in [3.63, 3.8) is 0 Å². The second-order valence-corrected chi connectivity index (χ2v) is 6.78. The van der Waals surface area contributed by atoms with Crippen molar-refractivity contribution in [2.24, 2.45) is 5.73 Å². The smallest absolute Gasteiger partial charge is 0.0595 e. The average Bonchev–Trinajstić information content (AvgIpc) is 2.51.